The SMILES string of the molecule is C=C(C1=CC2=C3N(CCC2OC1CCC)c1ccc2ccccc2c1C3(C)CCCCS)C(C)(CCCCCC)c1ccccc1CCC. The van der Waals surface area contributed by atoms with Gasteiger partial charge in [0.05, 0.1) is 12.2 Å². The van der Waals surface area contributed by atoms with Gasteiger partial charge in [0, 0.05) is 34.3 Å². The molecule has 0 bridgehead atoms. The van der Waals surface area contributed by atoms with E-state index in [1.165, 1.54) is 81.2 Å². The Kier molecular flexibility index (Phi) is 11.5. The van der Waals surface area contributed by atoms with Gasteiger partial charge in [-0.1, -0.05) is 134 Å². The van der Waals surface area contributed by atoms with Crippen molar-refractivity contribution in [2.24, 2.45) is 0 Å². The molecule has 0 aromatic heterocycles. The Hall–Kier alpha value is -2.75. The number of nitrogens with zero attached hydrogens (tertiary/aromatic N) is 1. The molecule has 0 aliphatic carbocycles. The number of hydrogen-bond acceptors (Lipinski definition) is 3. The largest absolute Gasteiger partial charge is 0.365 e. The quantitative estimate of drug-likeness (QED) is 0.120. The van der Waals surface area contributed by atoms with Crippen molar-refractivity contribution in [3.05, 3.63) is 112 Å². The fourth-order valence-electron chi connectivity index (χ4n) is 9.52. The third-order valence-electron chi connectivity index (χ3n) is 12.1. The van der Waals surface area contributed by atoms with Crippen LogP contribution in [0, 0.1) is 0 Å². The number of aryl methyl sites for hydroxylation is 1. The van der Waals surface area contributed by atoms with Gasteiger partial charge in [-0.3, -0.25) is 0 Å². The summed E-state index contributed by atoms with van der Waals surface area (Å²) in [5, 5.41) is 2.73. The minimum absolute atomic E-state index is 0.0757. The third-order valence-corrected chi connectivity index (χ3v) is 12.4. The normalized spacial score (nSPS) is 22.8. The number of rotatable bonds is 16. The van der Waals surface area contributed by atoms with Crippen LogP contribution >= 0.6 is 12.6 Å². The zero-order valence-electron chi connectivity index (χ0n) is 31.1. The van der Waals surface area contributed by atoms with Crippen LogP contribution in [0.1, 0.15) is 128 Å². The van der Waals surface area contributed by atoms with Gasteiger partial charge >= 0.3 is 0 Å². The van der Waals surface area contributed by atoms with Crippen LogP contribution in [0.5, 0.6) is 0 Å². The molecule has 3 aliphatic rings. The van der Waals surface area contributed by atoms with Crippen molar-refractivity contribution in [2.75, 3.05) is 17.2 Å². The molecule has 6 rings (SSSR count). The molecule has 3 aromatic rings. The Labute approximate surface area is 303 Å². The molecule has 0 fully saturated rings. The maximum Gasteiger partial charge on any atom is 0.0867 e. The lowest BCUT2D eigenvalue weighted by atomic mass is 9.66. The van der Waals surface area contributed by atoms with Crippen molar-refractivity contribution >= 4 is 29.1 Å². The van der Waals surface area contributed by atoms with E-state index in [0.717, 1.165) is 70.1 Å². The molecule has 49 heavy (non-hydrogen) atoms. The van der Waals surface area contributed by atoms with E-state index in [2.05, 4.69) is 119 Å². The lowest BCUT2D eigenvalue weighted by molar-refractivity contribution is 0.0116. The lowest BCUT2D eigenvalue weighted by Gasteiger charge is -2.45. The molecule has 2 nitrogen and oxygen atoms in total. The number of allylic oxidation sites excluding steroid dienone is 1. The van der Waals surface area contributed by atoms with Gasteiger partial charge in [0.2, 0.25) is 0 Å². The highest BCUT2D eigenvalue weighted by molar-refractivity contribution is 7.80. The summed E-state index contributed by atoms with van der Waals surface area (Å²) in [7, 11) is 0. The van der Waals surface area contributed by atoms with E-state index in [1.807, 2.05) is 0 Å². The van der Waals surface area contributed by atoms with Gasteiger partial charge in [0.1, 0.15) is 0 Å². The molecule has 3 aliphatic heterocycles. The summed E-state index contributed by atoms with van der Waals surface area (Å²) in [6, 6.07) is 23.0. The zero-order valence-corrected chi connectivity index (χ0v) is 32.0. The summed E-state index contributed by atoms with van der Waals surface area (Å²) in [5.41, 5.74) is 11.1. The second-order valence-electron chi connectivity index (χ2n) is 15.5. The average molecular weight is 676 g/mol. The maximum absolute atomic E-state index is 7.30. The van der Waals surface area contributed by atoms with Crippen LogP contribution in [-0.4, -0.2) is 24.5 Å². The van der Waals surface area contributed by atoms with Crippen molar-refractivity contribution in [1.82, 2.24) is 0 Å². The monoisotopic (exact) mass is 675 g/mol. The number of fused-ring (bicyclic) bond motifs is 6. The van der Waals surface area contributed by atoms with E-state index in [9.17, 15) is 0 Å². The van der Waals surface area contributed by atoms with Crippen LogP contribution in [0.4, 0.5) is 5.69 Å². The molecule has 4 unspecified atom stereocenters. The Balaban J connectivity index is 1.53. The highest BCUT2D eigenvalue weighted by Gasteiger charge is 2.50. The first-order chi connectivity index (χ1) is 23.8. The van der Waals surface area contributed by atoms with E-state index < -0.39 is 0 Å². The van der Waals surface area contributed by atoms with Crippen molar-refractivity contribution in [3.8, 4) is 0 Å². The number of thiol groups is 1. The lowest BCUT2D eigenvalue weighted by Crippen LogP contribution is -2.43. The molecule has 0 radical (unpaired) electrons. The van der Waals surface area contributed by atoms with Crippen LogP contribution in [0.3, 0.4) is 0 Å². The summed E-state index contributed by atoms with van der Waals surface area (Å²) >= 11 is 4.62. The van der Waals surface area contributed by atoms with E-state index in [0.29, 0.717) is 0 Å². The molecule has 262 valence electrons. The van der Waals surface area contributed by atoms with Gasteiger partial charge in [0.15, 0.2) is 0 Å². The summed E-state index contributed by atoms with van der Waals surface area (Å²) in [6.45, 7) is 18.0. The molecule has 3 heteroatoms. The number of unbranched alkanes of at least 4 members (excludes halogenated alkanes) is 4. The van der Waals surface area contributed by atoms with Crippen LogP contribution in [0.2, 0.25) is 0 Å². The van der Waals surface area contributed by atoms with E-state index in [1.54, 1.807) is 0 Å². The smallest absolute Gasteiger partial charge is 0.0867 e. The minimum Gasteiger partial charge on any atom is -0.365 e. The minimum atomic E-state index is -0.155. The van der Waals surface area contributed by atoms with Gasteiger partial charge in [-0.2, -0.15) is 12.6 Å². The van der Waals surface area contributed by atoms with Crippen molar-refractivity contribution in [2.45, 2.75) is 141 Å². The highest BCUT2D eigenvalue weighted by Crippen LogP contribution is 2.57. The number of anilines is 1. The van der Waals surface area contributed by atoms with Crippen LogP contribution < -0.4 is 4.90 Å². The average Bonchev–Trinajstić information content (AvgIpc) is 3.38. The molecule has 4 atom stereocenters. The molecular weight excluding hydrogens is 615 g/mol. The second kappa shape index (κ2) is 15.6. The predicted octanol–water partition coefficient (Wildman–Crippen LogP) is 12.6. The van der Waals surface area contributed by atoms with Crippen molar-refractivity contribution in [1.29, 1.82) is 0 Å². The van der Waals surface area contributed by atoms with Gasteiger partial charge < -0.3 is 9.64 Å². The first kappa shape index (κ1) is 36.1. The van der Waals surface area contributed by atoms with E-state index in [4.69, 9.17) is 11.3 Å². The van der Waals surface area contributed by atoms with Crippen molar-refractivity contribution < 1.29 is 4.74 Å². The van der Waals surface area contributed by atoms with Gasteiger partial charge in [-0.05, 0) is 102 Å². The highest BCUT2D eigenvalue weighted by atomic mass is 32.1. The van der Waals surface area contributed by atoms with Gasteiger partial charge in [-0.25, -0.2) is 0 Å². The van der Waals surface area contributed by atoms with E-state index >= 15 is 0 Å². The maximum atomic E-state index is 7.30. The van der Waals surface area contributed by atoms with Crippen LogP contribution in [0.25, 0.3) is 10.8 Å². The summed E-state index contributed by atoms with van der Waals surface area (Å²) in [4.78, 5) is 2.68. The number of benzene rings is 3. The first-order valence-electron chi connectivity index (χ1n) is 19.6. The summed E-state index contributed by atoms with van der Waals surface area (Å²) < 4.78 is 7.30. The number of ether oxygens (including phenoxy) is 1. The molecular formula is C46H61NOS. The number of hydrogen-bond donors (Lipinski definition) is 1. The fourth-order valence-corrected chi connectivity index (χ4v) is 9.74. The Morgan fingerprint density at radius 1 is 0.939 bits per heavy atom. The topological polar surface area (TPSA) is 12.5 Å². The van der Waals surface area contributed by atoms with Gasteiger partial charge in [0.25, 0.3) is 0 Å². The summed E-state index contributed by atoms with van der Waals surface area (Å²) in [5.74, 6) is 0.929. The molecule has 3 aromatic carbocycles. The standard InChI is InChI=1S/C46H61NOS/c1-7-10-11-16-28-45(5,39-24-15-13-22-35(39)19-8-2)33(4)37-32-38-42(48-41(37)20-9-3)27-30-47-40-26-25-34-21-12-14-23-36(34)43(40)46(6,44(38)47)29-17-18-31-49/h12-15,21-26,32,41-42,49H,4,7-11,16-20,27-31H2,1-3,5-6H3. The molecule has 0 saturated carbocycles. The van der Waals surface area contributed by atoms with Crippen LogP contribution in [-0.2, 0) is 22.0 Å². The first-order valence-corrected chi connectivity index (χ1v) is 20.3. The third kappa shape index (κ3) is 6.72. The summed E-state index contributed by atoms with van der Waals surface area (Å²) in [6.07, 6.45) is 17.7. The predicted molar refractivity (Wildman–Crippen MR) is 215 cm³/mol. The van der Waals surface area contributed by atoms with Crippen LogP contribution in [0.15, 0.2) is 95.7 Å². The molecule has 3 heterocycles. The Bertz CT molecular complexity index is 1700. The molecule has 0 amide bonds. The molecule has 0 saturated heterocycles. The van der Waals surface area contributed by atoms with Gasteiger partial charge in [-0.15, -0.1) is 0 Å². The molecule has 0 spiro atoms. The molecule has 0 N–H and O–H groups in total. The zero-order chi connectivity index (χ0) is 34.6. The Morgan fingerprint density at radius 3 is 2.51 bits per heavy atom. The Morgan fingerprint density at radius 2 is 1.73 bits per heavy atom. The van der Waals surface area contributed by atoms with E-state index in [-0.39, 0.29) is 23.0 Å². The van der Waals surface area contributed by atoms with Crippen molar-refractivity contribution in [3.63, 3.8) is 0 Å². The second-order valence-corrected chi connectivity index (χ2v) is 15.9. The fraction of sp³-hybridized carbons (Fsp3) is 0.522.